The third-order valence-corrected chi connectivity index (χ3v) is 4.25. The smallest absolute Gasteiger partial charge is 0.307 e. The number of nitrogens with one attached hydrogen (secondary N) is 1. The summed E-state index contributed by atoms with van der Waals surface area (Å²) in [4.78, 5) is 25.6. The van der Waals surface area contributed by atoms with Crippen molar-refractivity contribution in [1.82, 2.24) is 10.2 Å². The van der Waals surface area contributed by atoms with Gasteiger partial charge in [0.25, 0.3) is 0 Å². The Morgan fingerprint density at radius 3 is 2.45 bits per heavy atom. The van der Waals surface area contributed by atoms with Crippen molar-refractivity contribution in [3.63, 3.8) is 0 Å². The average Bonchev–Trinajstić information content (AvgIpc) is 2.48. The Morgan fingerprint density at radius 1 is 1.15 bits per heavy atom. The van der Waals surface area contributed by atoms with E-state index in [1.807, 2.05) is 0 Å². The molecule has 0 bridgehead atoms. The second kappa shape index (κ2) is 7.59. The molecule has 0 aromatic rings. The van der Waals surface area contributed by atoms with Crippen LogP contribution in [0, 0.1) is 11.8 Å². The summed E-state index contributed by atoms with van der Waals surface area (Å²) in [5, 5.41) is 12.1. The van der Waals surface area contributed by atoms with E-state index < -0.39 is 11.9 Å². The Morgan fingerprint density at radius 2 is 1.80 bits per heavy atom. The summed E-state index contributed by atoms with van der Waals surface area (Å²) < 4.78 is 5.27. The van der Waals surface area contributed by atoms with E-state index in [0.29, 0.717) is 19.4 Å². The predicted octanol–water partition coefficient (Wildman–Crippen LogP) is 0.326. The lowest BCUT2D eigenvalue weighted by molar-refractivity contribution is -0.148. The molecule has 1 aliphatic heterocycles. The van der Waals surface area contributed by atoms with Crippen LogP contribution in [0.15, 0.2) is 0 Å². The van der Waals surface area contributed by atoms with Crippen LogP contribution in [0.2, 0.25) is 0 Å². The van der Waals surface area contributed by atoms with Crippen LogP contribution in [0.25, 0.3) is 0 Å². The largest absolute Gasteiger partial charge is 0.481 e. The maximum Gasteiger partial charge on any atom is 0.307 e. The number of carboxylic acid groups (broad SMARTS) is 1. The summed E-state index contributed by atoms with van der Waals surface area (Å²) in [6.07, 6.45) is 3.18. The van der Waals surface area contributed by atoms with Crippen molar-refractivity contribution >= 4 is 11.9 Å². The maximum atomic E-state index is 12.1. The molecule has 6 heteroatoms. The zero-order valence-corrected chi connectivity index (χ0v) is 11.8. The topological polar surface area (TPSA) is 78.9 Å². The van der Waals surface area contributed by atoms with Crippen molar-refractivity contribution in [2.75, 3.05) is 39.4 Å². The average molecular weight is 284 g/mol. The fourth-order valence-electron chi connectivity index (χ4n) is 3.03. The van der Waals surface area contributed by atoms with E-state index in [-0.39, 0.29) is 11.8 Å². The Bertz CT molecular complexity index is 342. The van der Waals surface area contributed by atoms with Gasteiger partial charge in [0.1, 0.15) is 0 Å². The van der Waals surface area contributed by atoms with E-state index in [9.17, 15) is 14.7 Å². The summed E-state index contributed by atoms with van der Waals surface area (Å²) in [5.41, 5.74) is 0. The van der Waals surface area contributed by atoms with Gasteiger partial charge in [-0.3, -0.25) is 14.5 Å². The number of nitrogens with zero attached hydrogens (tertiary/aromatic N) is 1. The summed E-state index contributed by atoms with van der Waals surface area (Å²) >= 11 is 0. The molecule has 0 spiro atoms. The van der Waals surface area contributed by atoms with Crippen LogP contribution in [0.1, 0.15) is 25.7 Å². The number of hydrogen-bond donors (Lipinski definition) is 2. The van der Waals surface area contributed by atoms with Gasteiger partial charge in [-0.2, -0.15) is 0 Å². The molecule has 0 aromatic carbocycles. The van der Waals surface area contributed by atoms with Gasteiger partial charge < -0.3 is 15.2 Å². The molecule has 0 aromatic heterocycles. The molecule has 0 unspecified atom stereocenters. The molecule has 2 atom stereocenters. The molecule has 0 radical (unpaired) electrons. The van der Waals surface area contributed by atoms with Crippen molar-refractivity contribution in [1.29, 1.82) is 0 Å². The molecule has 2 fully saturated rings. The summed E-state index contributed by atoms with van der Waals surface area (Å²) in [7, 11) is 0. The zero-order valence-electron chi connectivity index (χ0n) is 11.8. The molecule has 1 heterocycles. The van der Waals surface area contributed by atoms with E-state index in [2.05, 4.69) is 10.2 Å². The first kappa shape index (κ1) is 15.3. The van der Waals surface area contributed by atoms with Crippen molar-refractivity contribution in [3.8, 4) is 0 Å². The van der Waals surface area contributed by atoms with Crippen molar-refractivity contribution in [2.24, 2.45) is 11.8 Å². The van der Waals surface area contributed by atoms with E-state index in [0.717, 1.165) is 45.7 Å². The van der Waals surface area contributed by atoms with Gasteiger partial charge in [-0.05, 0) is 12.8 Å². The number of amides is 1. The molecule has 2 rings (SSSR count). The molecule has 114 valence electrons. The third kappa shape index (κ3) is 4.18. The highest BCUT2D eigenvalue weighted by Crippen LogP contribution is 2.30. The minimum absolute atomic E-state index is 0.0923. The number of rotatable bonds is 5. The second-order valence-corrected chi connectivity index (χ2v) is 5.58. The number of aliphatic carboxylic acids is 1. The lowest BCUT2D eigenvalue weighted by atomic mass is 9.79. The molecular formula is C14H24N2O4. The third-order valence-electron chi connectivity index (χ3n) is 4.25. The molecule has 2 aliphatic rings. The molecule has 6 nitrogen and oxygen atoms in total. The Labute approximate surface area is 119 Å². The fourth-order valence-corrected chi connectivity index (χ4v) is 3.03. The van der Waals surface area contributed by atoms with Crippen LogP contribution in [0.3, 0.4) is 0 Å². The van der Waals surface area contributed by atoms with Crippen LogP contribution in [0.5, 0.6) is 0 Å². The summed E-state index contributed by atoms with van der Waals surface area (Å²) in [6, 6.07) is 0. The molecule has 1 saturated carbocycles. The minimum atomic E-state index is -0.835. The van der Waals surface area contributed by atoms with Crippen LogP contribution in [0.4, 0.5) is 0 Å². The first-order valence-corrected chi connectivity index (χ1v) is 7.49. The predicted molar refractivity (Wildman–Crippen MR) is 73.4 cm³/mol. The van der Waals surface area contributed by atoms with Gasteiger partial charge in [-0.15, -0.1) is 0 Å². The van der Waals surface area contributed by atoms with Crippen LogP contribution in [-0.2, 0) is 14.3 Å². The summed E-state index contributed by atoms with van der Waals surface area (Å²) in [5.74, 6) is -1.79. The lowest BCUT2D eigenvalue weighted by Gasteiger charge is -2.29. The van der Waals surface area contributed by atoms with Crippen LogP contribution >= 0.6 is 0 Å². The Balaban J connectivity index is 1.73. The van der Waals surface area contributed by atoms with Gasteiger partial charge in [0.2, 0.25) is 5.91 Å². The van der Waals surface area contributed by atoms with Crippen molar-refractivity contribution in [2.45, 2.75) is 25.7 Å². The first-order valence-electron chi connectivity index (χ1n) is 7.49. The summed E-state index contributed by atoms with van der Waals surface area (Å²) in [6.45, 7) is 4.69. The van der Waals surface area contributed by atoms with Crippen molar-refractivity contribution < 1.29 is 19.4 Å². The second-order valence-electron chi connectivity index (χ2n) is 5.58. The number of carboxylic acids is 1. The van der Waals surface area contributed by atoms with Crippen LogP contribution in [-0.4, -0.2) is 61.3 Å². The number of hydrogen-bond acceptors (Lipinski definition) is 4. The van der Waals surface area contributed by atoms with E-state index in [1.165, 1.54) is 0 Å². The Kier molecular flexibility index (Phi) is 5.79. The lowest BCUT2D eigenvalue weighted by Crippen LogP contribution is -2.44. The molecule has 1 saturated heterocycles. The highest BCUT2D eigenvalue weighted by Gasteiger charge is 2.35. The monoisotopic (exact) mass is 284 g/mol. The first-order chi connectivity index (χ1) is 9.68. The number of ether oxygens (including phenoxy) is 1. The maximum absolute atomic E-state index is 12.1. The van der Waals surface area contributed by atoms with Crippen molar-refractivity contribution in [3.05, 3.63) is 0 Å². The quantitative estimate of drug-likeness (QED) is 0.760. The van der Waals surface area contributed by atoms with Gasteiger partial charge in [-0.1, -0.05) is 12.8 Å². The highest BCUT2D eigenvalue weighted by molar-refractivity contribution is 5.84. The van der Waals surface area contributed by atoms with E-state index >= 15 is 0 Å². The Hall–Kier alpha value is -1.14. The highest BCUT2D eigenvalue weighted by atomic mass is 16.5. The number of morpholine rings is 1. The minimum Gasteiger partial charge on any atom is -0.481 e. The normalized spacial score (nSPS) is 28.0. The van der Waals surface area contributed by atoms with E-state index in [4.69, 9.17) is 4.74 Å². The van der Waals surface area contributed by atoms with Crippen LogP contribution < -0.4 is 5.32 Å². The van der Waals surface area contributed by atoms with Gasteiger partial charge in [0, 0.05) is 26.2 Å². The standard InChI is InChI=1S/C14H24N2O4/c17-13(11-3-1-2-4-12(11)14(18)19)15-5-6-16-7-9-20-10-8-16/h11-12H,1-10H2,(H,15,17)(H,18,19)/t11-,12+/m1/s1. The SMILES string of the molecule is O=C(O)[C@H]1CCCC[C@H]1C(=O)NCCN1CCOCC1. The molecule has 1 amide bonds. The van der Waals surface area contributed by atoms with Gasteiger partial charge in [-0.25, -0.2) is 0 Å². The molecule has 1 aliphatic carbocycles. The molecule has 20 heavy (non-hydrogen) atoms. The fraction of sp³-hybridized carbons (Fsp3) is 0.857. The van der Waals surface area contributed by atoms with Gasteiger partial charge in [0.15, 0.2) is 0 Å². The zero-order chi connectivity index (χ0) is 14.4. The van der Waals surface area contributed by atoms with E-state index in [1.54, 1.807) is 0 Å². The number of carbonyl (C=O) groups excluding carboxylic acids is 1. The van der Waals surface area contributed by atoms with Gasteiger partial charge >= 0.3 is 5.97 Å². The molecular weight excluding hydrogens is 260 g/mol. The van der Waals surface area contributed by atoms with Gasteiger partial charge in [0.05, 0.1) is 25.0 Å². The molecule has 2 N–H and O–H groups in total. The number of carbonyl (C=O) groups is 2.